The number of hydrogen-bond acceptors (Lipinski definition) is 12. The van der Waals surface area contributed by atoms with Gasteiger partial charge in [0.25, 0.3) is 0 Å². The van der Waals surface area contributed by atoms with Crippen LogP contribution in [0, 0.1) is 33.6 Å². The summed E-state index contributed by atoms with van der Waals surface area (Å²) in [5.74, 6) is -0.851. The molecule has 12 nitrogen and oxygen atoms in total. The first-order valence-electron chi connectivity index (χ1n) is 25.4. The van der Waals surface area contributed by atoms with Gasteiger partial charge in [-0.1, -0.05) is 95.2 Å². The van der Waals surface area contributed by atoms with Crippen molar-refractivity contribution in [2.45, 2.75) is 85.8 Å². The summed E-state index contributed by atoms with van der Waals surface area (Å²) in [7, 11) is 0. The summed E-state index contributed by atoms with van der Waals surface area (Å²) in [5, 5.41) is 7.78. The first kappa shape index (κ1) is 61.7. The fourth-order valence-corrected chi connectivity index (χ4v) is 8.25. The van der Waals surface area contributed by atoms with E-state index in [0.717, 1.165) is 57.8 Å². The molecule has 1 unspecified atom stereocenters. The highest BCUT2D eigenvalue weighted by Gasteiger charge is 2.34. The number of esters is 2. The summed E-state index contributed by atoms with van der Waals surface area (Å²) in [5.41, 5.74) is 6.11. The zero-order valence-electron chi connectivity index (χ0n) is 45.0. The molecule has 1 atom stereocenters. The van der Waals surface area contributed by atoms with Crippen molar-refractivity contribution in [2.24, 2.45) is 5.92 Å². The number of aromatic nitrogens is 2. The van der Waals surface area contributed by atoms with E-state index in [-0.39, 0.29) is 43.5 Å². The molecule has 0 aliphatic heterocycles. The smallest absolute Gasteiger partial charge is 0.416 e. The molecule has 0 bridgehead atoms. The molecular weight excluding hydrogens is 1080 g/mol. The zero-order chi connectivity index (χ0) is 58.9. The quantitative estimate of drug-likeness (QED) is 0.0248. The van der Waals surface area contributed by atoms with Crippen LogP contribution in [-0.2, 0) is 56.9 Å². The van der Waals surface area contributed by atoms with Gasteiger partial charge in [0.05, 0.1) is 35.9 Å². The summed E-state index contributed by atoms with van der Waals surface area (Å²) in [6.07, 6.45) is -9.13. The van der Waals surface area contributed by atoms with Crippen molar-refractivity contribution in [2.75, 3.05) is 13.2 Å². The molecule has 0 spiro atoms. The maximum absolute atomic E-state index is 13.5. The van der Waals surface area contributed by atoms with E-state index in [1.165, 1.54) is 24.3 Å². The number of halogens is 7. The Morgan fingerprint density at radius 2 is 0.988 bits per heavy atom. The van der Waals surface area contributed by atoms with Gasteiger partial charge < -0.3 is 28.0 Å². The molecule has 8 aromatic rings. The molecule has 2 heterocycles. The van der Waals surface area contributed by atoms with Crippen molar-refractivity contribution >= 4 is 35.1 Å². The van der Waals surface area contributed by atoms with Crippen LogP contribution in [0.25, 0.3) is 22.6 Å². The number of hydrogen-bond donors (Lipinski definition) is 0. The molecule has 0 N–H and O–H groups in total. The lowest BCUT2D eigenvalue weighted by atomic mass is 9.91. The number of carbonyl (C=O) groups is 4. The van der Waals surface area contributed by atoms with Gasteiger partial charge in [-0.15, -0.1) is 11.6 Å². The molecule has 0 aliphatic rings. The lowest BCUT2D eigenvalue weighted by Gasteiger charge is -2.15. The minimum absolute atomic E-state index is 0.0858. The lowest BCUT2D eigenvalue weighted by molar-refractivity contribution is -0.146. The Bertz CT molecular complexity index is 3380. The van der Waals surface area contributed by atoms with E-state index in [1.807, 2.05) is 74.5 Å². The summed E-state index contributed by atoms with van der Waals surface area (Å²) in [6, 6.07) is 38.9. The van der Waals surface area contributed by atoms with Crippen molar-refractivity contribution in [3.8, 4) is 34.1 Å². The van der Waals surface area contributed by atoms with Crippen LogP contribution in [0.5, 0.6) is 11.5 Å². The van der Waals surface area contributed by atoms with Crippen molar-refractivity contribution in [1.29, 1.82) is 0 Å². The third kappa shape index (κ3) is 17.2. The predicted molar refractivity (Wildman–Crippen MR) is 291 cm³/mol. The largest absolute Gasteiger partial charge is 0.489 e. The van der Waals surface area contributed by atoms with E-state index in [0.29, 0.717) is 63.9 Å². The Kier molecular flexibility index (Phi) is 21.8. The van der Waals surface area contributed by atoms with Gasteiger partial charge in [-0.2, -0.15) is 26.3 Å². The minimum Gasteiger partial charge on any atom is -0.489 e. The van der Waals surface area contributed by atoms with Crippen LogP contribution in [0.2, 0.25) is 0 Å². The van der Waals surface area contributed by atoms with Gasteiger partial charge in [-0.3, -0.25) is 19.2 Å². The Labute approximate surface area is 468 Å². The monoisotopic (exact) mass is 1140 g/mol. The van der Waals surface area contributed by atoms with Crippen LogP contribution < -0.4 is 9.47 Å². The molecule has 0 saturated carbocycles. The molecule has 424 valence electrons. The highest BCUT2D eigenvalue weighted by atomic mass is 35.5. The van der Waals surface area contributed by atoms with E-state index in [1.54, 1.807) is 64.1 Å². The van der Waals surface area contributed by atoms with Gasteiger partial charge in [0.2, 0.25) is 0 Å². The summed E-state index contributed by atoms with van der Waals surface area (Å²) >= 11 is 5.65. The highest BCUT2D eigenvalue weighted by Crippen LogP contribution is 2.35. The number of aryl methyl sites for hydroxylation is 2. The van der Waals surface area contributed by atoms with E-state index in [9.17, 15) is 45.5 Å². The zero-order valence-corrected chi connectivity index (χ0v) is 45.8. The van der Waals surface area contributed by atoms with Crippen LogP contribution in [-0.4, -0.2) is 47.0 Å². The Morgan fingerprint density at radius 3 is 1.41 bits per heavy atom. The molecule has 0 saturated heterocycles. The SMILES string of the molecule is CCOC(=O)C(Cc1noc(-c2ccc(C(F)(F)F)cc2)c1C)C(=O)c1ccc(OCc2ccccc2)c(C)c1.CCOC(=O)CC(=O)c1ccc(OCc2ccccc2)c(C)c1.Cc1c(CCl)noc1-c1ccc(C(F)(F)F)cc1. The summed E-state index contributed by atoms with van der Waals surface area (Å²) in [4.78, 5) is 49.8. The second-order valence-electron chi connectivity index (χ2n) is 18.2. The average molecular weight is 1140 g/mol. The van der Waals surface area contributed by atoms with Crippen LogP contribution in [0.15, 0.2) is 155 Å². The molecule has 0 aliphatic carbocycles. The number of ether oxygens (including phenoxy) is 4. The number of carbonyl (C=O) groups excluding carboxylic acids is 4. The van der Waals surface area contributed by atoms with Crippen molar-refractivity contribution < 1.29 is 73.5 Å². The number of Topliss-reactive ketones (excluding diaryl/α,β-unsaturated/α-hetero) is 2. The Morgan fingerprint density at radius 1 is 0.556 bits per heavy atom. The summed E-state index contributed by atoms with van der Waals surface area (Å²) in [6.45, 7) is 11.7. The fraction of sp³-hybridized carbons (Fsp3) is 0.258. The molecule has 2 aromatic heterocycles. The molecule has 81 heavy (non-hydrogen) atoms. The molecule has 6 aromatic carbocycles. The number of nitrogens with zero attached hydrogens (tertiary/aromatic N) is 2. The Hall–Kier alpha value is -8.51. The lowest BCUT2D eigenvalue weighted by Crippen LogP contribution is -2.29. The van der Waals surface area contributed by atoms with Crippen LogP contribution in [0.1, 0.15) is 96.9 Å². The first-order chi connectivity index (χ1) is 38.6. The standard InChI is InChI=1S/C31H28F3NO5.C19H20O4.C12H9ClF3NO/c1-4-38-30(37)25(17-26-20(3)29(40-35-26)22-10-13-24(14-11-22)31(32,33)34)28(36)23-12-15-27(19(2)16-23)39-18-21-8-6-5-7-9-21;1-3-22-19(21)12-17(20)16-9-10-18(14(2)11-16)23-13-15-7-5-4-6-8-15;1-7-10(6-13)17-18-11(7)8-2-4-9(5-3-8)12(14,15)16/h5-16,25H,4,17-18H2,1-3H3;4-11H,3,12-13H2,1-2H3;2-5H,6H2,1H3. The maximum atomic E-state index is 13.5. The second kappa shape index (κ2) is 28.6. The van der Waals surface area contributed by atoms with E-state index in [2.05, 4.69) is 10.3 Å². The number of benzene rings is 6. The van der Waals surface area contributed by atoms with Crippen molar-refractivity contribution in [3.63, 3.8) is 0 Å². The molecular formula is C62H57ClF6N2O10. The van der Waals surface area contributed by atoms with Gasteiger partial charge in [-0.05, 0) is 124 Å². The molecule has 0 radical (unpaired) electrons. The maximum Gasteiger partial charge on any atom is 0.416 e. The van der Waals surface area contributed by atoms with Gasteiger partial charge in [0.1, 0.15) is 42.7 Å². The van der Waals surface area contributed by atoms with E-state index < -0.39 is 47.1 Å². The summed E-state index contributed by atoms with van der Waals surface area (Å²) < 4.78 is 108. The number of ketones is 2. The number of alkyl halides is 7. The van der Waals surface area contributed by atoms with Gasteiger partial charge in [0, 0.05) is 39.8 Å². The normalized spacial score (nSPS) is 11.5. The highest BCUT2D eigenvalue weighted by molar-refractivity contribution is 6.17. The fourth-order valence-electron chi connectivity index (χ4n) is 8.00. The molecule has 0 fully saturated rings. The topological polar surface area (TPSA) is 157 Å². The third-order valence-corrected chi connectivity index (χ3v) is 12.7. The second-order valence-corrected chi connectivity index (χ2v) is 18.5. The first-order valence-corrected chi connectivity index (χ1v) is 25.9. The molecule has 8 rings (SSSR count). The Balaban J connectivity index is 0.000000217. The van der Waals surface area contributed by atoms with Crippen LogP contribution in [0.3, 0.4) is 0 Å². The van der Waals surface area contributed by atoms with Crippen LogP contribution >= 0.6 is 11.6 Å². The van der Waals surface area contributed by atoms with Crippen molar-refractivity contribution in [1.82, 2.24) is 10.3 Å². The van der Waals surface area contributed by atoms with E-state index in [4.69, 9.17) is 39.6 Å². The molecule has 0 amide bonds. The molecule has 19 heteroatoms. The van der Waals surface area contributed by atoms with E-state index >= 15 is 0 Å². The van der Waals surface area contributed by atoms with Crippen molar-refractivity contribution in [3.05, 3.63) is 213 Å². The average Bonchev–Trinajstić information content (AvgIpc) is 4.02. The number of rotatable bonds is 19. The minimum atomic E-state index is -4.46. The predicted octanol–water partition coefficient (Wildman–Crippen LogP) is 15.3. The van der Waals surface area contributed by atoms with Gasteiger partial charge in [0.15, 0.2) is 23.1 Å². The van der Waals surface area contributed by atoms with Gasteiger partial charge >= 0.3 is 24.3 Å². The third-order valence-electron chi connectivity index (χ3n) is 12.4. The van der Waals surface area contributed by atoms with Gasteiger partial charge in [-0.25, -0.2) is 0 Å². The van der Waals surface area contributed by atoms with Crippen LogP contribution in [0.4, 0.5) is 26.3 Å².